The van der Waals surface area contributed by atoms with Crippen LogP contribution in [-0.4, -0.2) is 13.4 Å². The Labute approximate surface area is 133 Å². The Morgan fingerprint density at radius 1 is 1.18 bits per heavy atom. The first kappa shape index (κ1) is 14.6. The van der Waals surface area contributed by atoms with E-state index in [1.165, 1.54) is 0 Å². The van der Waals surface area contributed by atoms with Crippen molar-refractivity contribution in [3.05, 3.63) is 53.1 Å². The van der Waals surface area contributed by atoms with Crippen LogP contribution in [0.15, 0.2) is 42.5 Å². The zero-order chi connectivity index (χ0) is 15.4. The van der Waals surface area contributed by atoms with Gasteiger partial charge in [0.2, 0.25) is 6.79 Å². The lowest BCUT2D eigenvalue weighted by atomic mass is 9.97. The molecule has 0 bridgehead atoms. The number of rotatable bonds is 5. The van der Waals surface area contributed by atoms with E-state index in [2.05, 4.69) is 6.07 Å². The molecule has 0 aromatic heterocycles. The molecular formula is C17H14ClNO3. The summed E-state index contributed by atoms with van der Waals surface area (Å²) in [5, 5.41) is 9.94. The summed E-state index contributed by atoms with van der Waals surface area (Å²) in [6.07, 6.45) is 0.571. The van der Waals surface area contributed by atoms with Gasteiger partial charge in [-0.1, -0.05) is 29.8 Å². The van der Waals surface area contributed by atoms with E-state index < -0.39 is 0 Å². The molecular weight excluding hydrogens is 302 g/mol. The zero-order valence-corrected chi connectivity index (χ0v) is 12.5. The van der Waals surface area contributed by atoms with Crippen molar-refractivity contribution in [2.45, 2.75) is 12.3 Å². The Morgan fingerprint density at radius 3 is 2.82 bits per heavy atom. The number of hydrogen-bond donors (Lipinski definition) is 0. The van der Waals surface area contributed by atoms with Crippen molar-refractivity contribution in [1.82, 2.24) is 0 Å². The summed E-state index contributed by atoms with van der Waals surface area (Å²) in [5.41, 5.74) is 0.898. The molecule has 0 amide bonds. The van der Waals surface area contributed by atoms with Crippen LogP contribution in [0.4, 0.5) is 0 Å². The van der Waals surface area contributed by atoms with Gasteiger partial charge in [-0.25, -0.2) is 0 Å². The van der Waals surface area contributed by atoms with Crippen LogP contribution in [0.3, 0.4) is 0 Å². The lowest BCUT2D eigenvalue weighted by Crippen LogP contribution is -2.05. The maximum absolute atomic E-state index is 9.38. The minimum Gasteiger partial charge on any atom is -0.492 e. The van der Waals surface area contributed by atoms with E-state index in [9.17, 15) is 5.26 Å². The van der Waals surface area contributed by atoms with E-state index in [1.807, 2.05) is 36.4 Å². The van der Waals surface area contributed by atoms with Gasteiger partial charge < -0.3 is 14.2 Å². The first-order chi connectivity index (χ1) is 10.8. The average molecular weight is 316 g/mol. The summed E-state index contributed by atoms with van der Waals surface area (Å²) in [6, 6.07) is 15.2. The van der Waals surface area contributed by atoms with Crippen LogP contribution in [0.1, 0.15) is 17.9 Å². The molecule has 1 unspecified atom stereocenters. The van der Waals surface area contributed by atoms with Gasteiger partial charge in [-0.15, -0.1) is 0 Å². The van der Waals surface area contributed by atoms with E-state index >= 15 is 0 Å². The molecule has 1 atom stereocenters. The molecule has 0 spiro atoms. The molecule has 2 aromatic carbocycles. The minimum absolute atomic E-state index is 0.228. The Hall–Kier alpha value is -2.38. The van der Waals surface area contributed by atoms with E-state index in [0.717, 1.165) is 5.56 Å². The molecule has 0 aliphatic carbocycles. The second kappa shape index (κ2) is 6.59. The number of ether oxygens (including phenoxy) is 3. The lowest BCUT2D eigenvalue weighted by Gasteiger charge is -2.12. The number of halogens is 1. The summed E-state index contributed by atoms with van der Waals surface area (Å²) >= 11 is 6.03. The molecule has 2 aromatic rings. The van der Waals surface area contributed by atoms with Crippen molar-refractivity contribution in [2.24, 2.45) is 0 Å². The predicted octanol–water partition coefficient (Wildman–Crippen LogP) is 4.14. The summed E-state index contributed by atoms with van der Waals surface area (Å²) in [5.74, 6) is 1.76. The predicted molar refractivity (Wildman–Crippen MR) is 82.5 cm³/mol. The van der Waals surface area contributed by atoms with Crippen molar-refractivity contribution in [3.8, 4) is 23.3 Å². The first-order valence-corrected chi connectivity index (χ1v) is 7.32. The highest BCUT2D eigenvalue weighted by Gasteiger charge is 2.18. The van der Waals surface area contributed by atoms with Gasteiger partial charge in [0.1, 0.15) is 5.75 Å². The van der Waals surface area contributed by atoms with Crippen LogP contribution in [0.5, 0.6) is 17.2 Å². The number of nitrogens with zero attached hydrogens (tertiary/aromatic N) is 1. The summed E-state index contributed by atoms with van der Waals surface area (Å²) < 4.78 is 16.3. The van der Waals surface area contributed by atoms with Crippen molar-refractivity contribution >= 4 is 11.6 Å². The lowest BCUT2D eigenvalue weighted by molar-refractivity contribution is 0.174. The molecule has 0 saturated carbocycles. The summed E-state index contributed by atoms with van der Waals surface area (Å²) in [6.45, 7) is 0.641. The van der Waals surface area contributed by atoms with Crippen LogP contribution in [0.25, 0.3) is 0 Å². The molecule has 22 heavy (non-hydrogen) atoms. The molecule has 112 valence electrons. The average Bonchev–Trinajstić information content (AvgIpc) is 3.01. The third-order valence-corrected chi connectivity index (χ3v) is 3.77. The zero-order valence-electron chi connectivity index (χ0n) is 11.8. The monoisotopic (exact) mass is 315 g/mol. The fourth-order valence-electron chi connectivity index (χ4n) is 2.28. The third kappa shape index (κ3) is 3.10. The second-order valence-corrected chi connectivity index (χ2v) is 5.27. The Kier molecular flexibility index (Phi) is 4.36. The third-order valence-electron chi connectivity index (χ3n) is 3.46. The Morgan fingerprint density at radius 2 is 2.00 bits per heavy atom. The Balaban J connectivity index is 1.63. The Bertz CT molecular complexity index is 711. The van der Waals surface area contributed by atoms with Gasteiger partial charge in [0, 0.05) is 6.42 Å². The van der Waals surface area contributed by atoms with Crippen molar-refractivity contribution in [3.63, 3.8) is 0 Å². The molecule has 1 heterocycles. The number of hydrogen-bond acceptors (Lipinski definition) is 4. The van der Waals surface area contributed by atoms with Crippen molar-refractivity contribution < 1.29 is 14.2 Å². The van der Waals surface area contributed by atoms with Gasteiger partial charge in [-0.05, 0) is 29.8 Å². The fraction of sp³-hybridized carbons (Fsp3) is 0.235. The highest BCUT2D eigenvalue weighted by molar-refractivity contribution is 6.32. The maximum atomic E-state index is 9.38. The van der Waals surface area contributed by atoms with Gasteiger partial charge in [0.25, 0.3) is 0 Å². The number of para-hydroxylation sites is 1. The van der Waals surface area contributed by atoms with Gasteiger partial charge in [0.05, 0.1) is 23.6 Å². The molecule has 4 nitrogen and oxygen atoms in total. The smallest absolute Gasteiger partial charge is 0.231 e. The molecule has 0 N–H and O–H groups in total. The largest absolute Gasteiger partial charge is 0.492 e. The molecule has 0 saturated heterocycles. The van der Waals surface area contributed by atoms with E-state index in [1.54, 1.807) is 6.07 Å². The second-order valence-electron chi connectivity index (χ2n) is 4.86. The van der Waals surface area contributed by atoms with E-state index in [0.29, 0.717) is 35.3 Å². The van der Waals surface area contributed by atoms with Crippen LogP contribution in [0, 0.1) is 11.3 Å². The quantitative estimate of drug-likeness (QED) is 0.832. The van der Waals surface area contributed by atoms with Gasteiger partial charge in [-0.3, -0.25) is 0 Å². The first-order valence-electron chi connectivity index (χ1n) is 6.94. The molecule has 3 rings (SSSR count). The highest BCUT2D eigenvalue weighted by atomic mass is 35.5. The van der Waals surface area contributed by atoms with Gasteiger partial charge >= 0.3 is 0 Å². The summed E-state index contributed by atoms with van der Waals surface area (Å²) in [7, 11) is 0. The van der Waals surface area contributed by atoms with E-state index in [-0.39, 0.29) is 12.7 Å². The maximum Gasteiger partial charge on any atom is 0.231 e. The fourth-order valence-corrected chi connectivity index (χ4v) is 2.47. The summed E-state index contributed by atoms with van der Waals surface area (Å²) in [4.78, 5) is 0. The van der Waals surface area contributed by atoms with Crippen molar-refractivity contribution in [2.75, 3.05) is 13.4 Å². The highest BCUT2D eigenvalue weighted by Crippen LogP contribution is 2.35. The van der Waals surface area contributed by atoms with Crippen LogP contribution >= 0.6 is 11.6 Å². The normalized spacial score (nSPS) is 13.5. The topological polar surface area (TPSA) is 51.5 Å². The van der Waals surface area contributed by atoms with Gasteiger partial charge in [0.15, 0.2) is 11.5 Å². The molecule has 1 aliphatic rings. The standard InChI is InChI=1S/C17H14ClNO3/c18-14-3-1-2-4-15(14)20-8-7-13(10-19)12-5-6-16-17(9-12)22-11-21-16/h1-6,9,13H,7-8,11H2. The van der Waals surface area contributed by atoms with E-state index in [4.69, 9.17) is 25.8 Å². The molecule has 5 heteroatoms. The molecule has 1 aliphatic heterocycles. The van der Waals surface area contributed by atoms with Crippen LogP contribution in [-0.2, 0) is 0 Å². The minimum atomic E-state index is -0.267. The van der Waals surface area contributed by atoms with Crippen LogP contribution < -0.4 is 14.2 Å². The molecule has 0 radical (unpaired) electrons. The number of nitriles is 1. The van der Waals surface area contributed by atoms with Gasteiger partial charge in [-0.2, -0.15) is 5.26 Å². The van der Waals surface area contributed by atoms with Crippen LogP contribution in [0.2, 0.25) is 5.02 Å². The number of fused-ring (bicyclic) bond motifs is 1. The van der Waals surface area contributed by atoms with Crippen molar-refractivity contribution in [1.29, 1.82) is 5.26 Å². The number of benzene rings is 2. The molecule has 0 fully saturated rings. The SMILES string of the molecule is N#CC(CCOc1ccccc1Cl)c1ccc2c(c1)OCO2.